The van der Waals surface area contributed by atoms with E-state index >= 15 is 0 Å². The Kier molecular flexibility index (Phi) is 11.5. The van der Waals surface area contributed by atoms with Crippen molar-refractivity contribution in [3.8, 4) is 0 Å². The summed E-state index contributed by atoms with van der Waals surface area (Å²) in [6.07, 6.45) is 0.216. The van der Waals surface area contributed by atoms with Gasteiger partial charge in [0, 0.05) is 38.0 Å². The second-order valence-corrected chi connectivity index (χ2v) is 15.7. The van der Waals surface area contributed by atoms with E-state index in [2.05, 4.69) is 40.9 Å². The molecule has 5 nitrogen and oxygen atoms in total. The van der Waals surface area contributed by atoms with Crippen LogP contribution in [0.2, 0.25) is 25.7 Å². The van der Waals surface area contributed by atoms with Gasteiger partial charge >= 0.3 is 0 Å². The van der Waals surface area contributed by atoms with Gasteiger partial charge in [-0.05, 0) is 36.7 Å². The zero-order chi connectivity index (χ0) is 22.9. The van der Waals surface area contributed by atoms with E-state index in [1.807, 2.05) is 45.0 Å². The van der Waals surface area contributed by atoms with E-state index in [4.69, 9.17) is 4.74 Å². The van der Waals surface area contributed by atoms with Gasteiger partial charge in [-0.25, -0.2) is 0 Å². The van der Waals surface area contributed by atoms with Crippen molar-refractivity contribution in [3.05, 3.63) is 29.8 Å². The average Bonchev–Trinajstić information content (AvgIpc) is 2.67. The van der Waals surface area contributed by atoms with Gasteiger partial charge in [0.05, 0.1) is 6.04 Å². The molecule has 0 bridgehead atoms. The SMILES string of the molecule is CN[C@H](C(=O)C[C@@H](C)C(=O)N(COCC[Si](C)(C)C)c1ccc(CBr)cc1)C(C)C. The second kappa shape index (κ2) is 12.7. The first-order valence-corrected chi connectivity index (χ1v) is 15.6. The molecule has 0 heterocycles. The molecular weight excluding hydrogens is 460 g/mol. The predicted octanol–water partition coefficient (Wildman–Crippen LogP) is 5.07. The number of carbonyl (C=O) groups excluding carboxylic acids is 2. The Morgan fingerprint density at radius 1 is 1.13 bits per heavy atom. The van der Waals surface area contributed by atoms with E-state index in [1.165, 1.54) is 0 Å². The normalized spacial score (nSPS) is 13.9. The average molecular weight is 500 g/mol. The molecule has 7 heteroatoms. The van der Waals surface area contributed by atoms with Crippen LogP contribution in [0, 0.1) is 11.8 Å². The Balaban J connectivity index is 2.92. The maximum Gasteiger partial charge on any atom is 0.232 e. The fraction of sp³-hybridized carbons (Fsp3) is 0.652. The van der Waals surface area contributed by atoms with Crippen molar-refractivity contribution < 1.29 is 14.3 Å². The molecule has 0 spiro atoms. The summed E-state index contributed by atoms with van der Waals surface area (Å²) in [5.41, 5.74) is 1.94. The van der Waals surface area contributed by atoms with Crippen LogP contribution in [0.15, 0.2) is 24.3 Å². The summed E-state index contributed by atoms with van der Waals surface area (Å²) in [6.45, 7) is 13.6. The first-order valence-electron chi connectivity index (χ1n) is 10.7. The van der Waals surface area contributed by atoms with Gasteiger partial charge in [0.1, 0.15) is 6.73 Å². The summed E-state index contributed by atoms with van der Waals surface area (Å²) < 4.78 is 5.90. The topological polar surface area (TPSA) is 58.6 Å². The number of likely N-dealkylation sites (N-methyl/N-ethyl adjacent to an activating group) is 1. The standard InChI is InChI=1S/C23H39BrN2O3Si/c1-17(2)22(25-4)21(27)14-18(3)23(28)26(16-29-12-13-30(5,6)7)20-10-8-19(15-24)9-11-20/h8-11,17-18,22,25H,12-16H2,1-7H3/t18-,22+/m1/s1. The zero-order valence-corrected chi connectivity index (χ0v) is 22.2. The molecule has 0 saturated heterocycles. The summed E-state index contributed by atoms with van der Waals surface area (Å²) in [5.74, 6) is -0.240. The highest BCUT2D eigenvalue weighted by Crippen LogP contribution is 2.21. The number of rotatable bonds is 13. The van der Waals surface area contributed by atoms with Crippen LogP contribution in [-0.2, 0) is 19.7 Å². The van der Waals surface area contributed by atoms with Crippen molar-refractivity contribution in [2.45, 2.75) is 64.2 Å². The van der Waals surface area contributed by atoms with E-state index in [0.717, 1.165) is 22.6 Å². The smallest absolute Gasteiger partial charge is 0.232 e. The van der Waals surface area contributed by atoms with Crippen molar-refractivity contribution >= 4 is 41.4 Å². The molecule has 0 unspecified atom stereocenters. The molecule has 0 saturated carbocycles. The highest BCUT2D eigenvalue weighted by molar-refractivity contribution is 9.08. The summed E-state index contributed by atoms with van der Waals surface area (Å²) >= 11 is 3.46. The summed E-state index contributed by atoms with van der Waals surface area (Å²) in [5, 5.41) is 3.84. The van der Waals surface area contributed by atoms with Crippen LogP contribution in [0.5, 0.6) is 0 Å². The Hall–Kier alpha value is -1.02. The maximum absolute atomic E-state index is 13.3. The lowest BCUT2D eigenvalue weighted by atomic mass is 9.93. The molecule has 1 aromatic rings. The number of nitrogens with zero attached hydrogens (tertiary/aromatic N) is 1. The monoisotopic (exact) mass is 498 g/mol. The molecule has 0 fully saturated rings. The van der Waals surface area contributed by atoms with Gasteiger partial charge in [-0.3, -0.25) is 14.5 Å². The van der Waals surface area contributed by atoms with Gasteiger partial charge in [-0.15, -0.1) is 0 Å². The van der Waals surface area contributed by atoms with Crippen LogP contribution >= 0.6 is 15.9 Å². The second-order valence-electron chi connectivity index (χ2n) is 9.50. The fourth-order valence-corrected chi connectivity index (χ4v) is 4.34. The Bertz CT molecular complexity index is 674. The van der Waals surface area contributed by atoms with Crippen molar-refractivity contribution in [1.29, 1.82) is 0 Å². The molecule has 2 atom stereocenters. The quantitative estimate of drug-likeness (QED) is 0.178. The van der Waals surface area contributed by atoms with Crippen LogP contribution in [0.3, 0.4) is 0 Å². The number of benzene rings is 1. The highest BCUT2D eigenvalue weighted by Gasteiger charge is 2.28. The van der Waals surface area contributed by atoms with Crippen LogP contribution in [0.4, 0.5) is 5.69 Å². The van der Waals surface area contributed by atoms with E-state index in [9.17, 15) is 9.59 Å². The van der Waals surface area contributed by atoms with Crippen molar-refractivity contribution in [2.75, 3.05) is 25.3 Å². The van der Waals surface area contributed by atoms with Crippen molar-refractivity contribution in [2.24, 2.45) is 11.8 Å². The predicted molar refractivity (Wildman–Crippen MR) is 132 cm³/mol. The van der Waals surface area contributed by atoms with Crippen molar-refractivity contribution in [3.63, 3.8) is 0 Å². The lowest BCUT2D eigenvalue weighted by Crippen LogP contribution is -2.42. The number of anilines is 1. The number of alkyl halides is 1. The van der Waals surface area contributed by atoms with Gasteiger partial charge in [0.2, 0.25) is 5.91 Å². The number of amides is 1. The van der Waals surface area contributed by atoms with Crippen molar-refractivity contribution in [1.82, 2.24) is 5.32 Å². The number of hydrogen-bond donors (Lipinski definition) is 1. The first-order chi connectivity index (χ1) is 14.0. The molecule has 1 aromatic carbocycles. The van der Waals surface area contributed by atoms with Crippen LogP contribution in [0.25, 0.3) is 0 Å². The summed E-state index contributed by atoms with van der Waals surface area (Å²) in [6, 6.07) is 8.69. The molecule has 1 N–H and O–H groups in total. The Labute approximate surface area is 192 Å². The Morgan fingerprint density at radius 2 is 1.73 bits per heavy atom. The summed E-state index contributed by atoms with van der Waals surface area (Å²) in [7, 11) is 0.586. The van der Waals surface area contributed by atoms with E-state index in [-0.39, 0.29) is 36.8 Å². The lowest BCUT2D eigenvalue weighted by molar-refractivity contribution is -0.129. The van der Waals surface area contributed by atoms with Gasteiger partial charge in [0.25, 0.3) is 0 Å². The largest absolute Gasteiger partial charge is 0.361 e. The maximum atomic E-state index is 13.3. The highest BCUT2D eigenvalue weighted by atomic mass is 79.9. The Morgan fingerprint density at radius 3 is 2.20 bits per heavy atom. The molecule has 1 rings (SSSR count). The minimum Gasteiger partial charge on any atom is -0.361 e. The minimum absolute atomic E-state index is 0.0718. The van der Waals surface area contributed by atoms with Crippen LogP contribution in [0.1, 0.15) is 32.8 Å². The molecule has 30 heavy (non-hydrogen) atoms. The third-order valence-electron chi connectivity index (χ3n) is 5.14. The number of ether oxygens (including phenoxy) is 1. The molecule has 0 aliphatic heterocycles. The molecule has 170 valence electrons. The van der Waals surface area contributed by atoms with Gasteiger partial charge < -0.3 is 10.1 Å². The third kappa shape index (κ3) is 9.00. The lowest BCUT2D eigenvalue weighted by Gasteiger charge is -2.27. The third-order valence-corrected chi connectivity index (χ3v) is 7.49. The fourth-order valence-electron chi connectivity index (χ4n) is 3.21. The van der Waals surface area contributed by atoms with Crippen LogP contribution < -0.4 is 10.2 Å². The zero-order valence-electron chi connectivity index (χ0n) is 19.6. The van der Waals surface area contributed by atoms with Gasteiger partial charge in [0.15, 0.2) is 5.78 Å². The summed E-state index contributed by atoms with van der Waals surface area (Å²) in [4.78, 5) is 27.6. The number of halogens is 1. The van der Waals surface area contributed by atoms with Gasteiger partial charge in [-0.1, -0.05) is 68.5 Å². The van der Waals surface area contributed by atoms with E-state index < -0.39 is 14.0 Å². The minimum atomic E-state index is -1.20. The molecule has 0 aromatic heterocycles. The number of carbonyl (C=O) groups is 2. The molecule has 0 aliphatic rings. The molecule has 0 radical (unpaired) electrons. The van der Waals surface area contributed by atoms with Gasteiger partial charge in [-0.2, -0.15) is 0 Å². The van der Waals surface area contributed by atoms with E-state index in [0.29, 0.717) is 6.61 Å². The number of ketones is 1. The molecular formula is C23H39BrN2O3Si. The first kappa shape index (κ1) is 27.0. The molecule has 0 aliphatic carbocycles. The number of hydrogen-bond acceptors (Lipinski definition) is 4. The van der Waals surface area contributed by atoms with Crippen LogP contribution in [-0.4, -0.2) is 46.2 Å². The molecule has 1 amide bonds. The van der Waals surface area contributed by atoms with E-state index in [1.54, 1.807) is 11.9 Å². The number of Topliss-reactive ketones (excluding diaryl/α,β-unsaturated/α-hetero) is 1. The number of nitrogens with one attached hydrogen (secondary N) is 1.